The van der Waals surface area contributed by atoms with Crippen molar-refractivity contribution in [2.45, 2.75) is 95.6 Å². The summed E-state index contributed by atoms with van der Waals surface area (Å²) in [5.74, 6) is -0.373. The number of nitriles is 1. The van der Waals surface area contributed by atoms with Crippen molar-refractivity contribution in [3.05, 3.63) is 35.9 Å². The monoisotopic (exact) mass is 512 g/mol. The molecule has 8 nitrogen and oxygen atoms in total. The molecule has 0 radical (unpaired) electrons. The van der Waals surface area contributed by atoms with E-state index >= 15 is 0 Å². The van der Waals surface area contributed by atoms with Crippen molar-refractivity contribution in [1.82, 2.24) is 15.1 Å². The van der Waals surface area contributed by atoms with E-state index in [2.05, 4.69) is 5.32 Å². The van der Waals surface area contributed by atoms with Crippen LogP contribution in [0.5, 0.6) is 0 Å². The summed E-state index contributed by atoms with van der Waals surface area (Å²) in [7, 11) is 0. The molecule has 1 heterocycles. The summed E-state index contributed by atoms with van der Waals surface area (Å²) in [6, 6.07) is 10.6. The number of hydrogen-bond donors (Lipinski definition) is 1. The molecule has 2 bridgehead atoms. The molecule has 3 atom stereocenters. The van der Waals surface area contributed by atoms with Crippen molar-refractivity contribution in [1.29, 1.82) is 5.26 Å². The summed E-state index contributed by atoms with van der Waals surface area (Å²) in [5, 5.41) is 12.5. The Labute approximate surface area is 218 Å². The van der Waals surface area contributed by atoms with E-state index in [4.69, 9.17) is 4.74 Å². The van der Waals surface area contributed by atoms with Gasteiger partial charge in [-0.3, -0.25) is 14.5 Å². The van der Waals surface area contributed by atoms with Crippen LogP contribution in [0.15, 0.2) is 30.3 Å². The molecule has 3 unspecified atom stereocenters. The van der Waals surface area contributed by atoms with Crippen molar-refractivity contribution >= 4 is 17.9 Å². The molecule has 9 heteroatoms. The lowest BCUT2D eigenvalue weighted by Gasteiger charge is -2.56. The van der Waals surface area contributed by atoms with Gasteiger partial charge in [0.15, 0.2) is 0 Å². The third-order valence-corrected chi connectivity index (χ3v) is 8.69. The number of amides is 3. The molecule has 3 saturated carbocycles. The Balaban J connectivity index is 1.51. The first kappa shape index (κ1) is 26.9. The van der Waals surface area contributed by atoms with Gasteiger partial charge < -0.3 is 15.0 Å². The maximum Gasteiger partial charge on any atom is 0.411 e. The van der Waals surface area contributed by atoms with Gasteiger partial charge >= 0.3 is 6.09 Å². The Kier molecular flexibility index (Phi) is 8.05. The lowest BCUT2D eigenvalue weighted by molar-refractivity contribution is -0.145. The number of carbonyl (C=O) groups is 3. The molecule has 4 aliphatic rings. The van der Waals surface area contributed by atoms with E-state index in [-0.39, 0.29) is 38.1 Å². The summed E-state index contributed by atoms with van der Waals surface area (Å²) in [6.45, 7) is 3.68. The van der Waals surface area contributed by atoms with E-state index in [0.717, 1.165) is 12.0 Å². The maximum atomic E-state index is 14.0. The predicted octanol–water partition coefficient (Wildman–Crippen LogP) is 4.10. The summed E-state index contributed by atoms with van der Waals surface area (Å²) in [5.41, 5.74) is -0.229. The second-order valence-corrected chi connectivity index (χ2v) is 10.9. The molecular weight excluding hydrogens is 475 g/mol. The van der Waals surface area contributed by atoms with E-state index in [1.54, 1.807) is 0 Å². The summed E-state index contributed by atoms with van der Waals surface area (Å²) >= 11 is 0. The highest BCUT2D eigenvalue weighted by atomic mass is 19.1. The number of rotatable bonds is 8. The van der Waals surface area contributed by atoms with Crippen molar-refractivity contribution in [3.8, 4) is 6.07 Å². The number of benzene rings is 1. The molecule has 1 N–H and O–H groups in total. The fourth-order valence-electron chi connectivity index (χ4n) is 6.02. The van der Waals surface area contributed by atoms with Crippen molar-refractivity contribution in [2.24, 2.45) is 5.41 Å². The number of halogens is 1. The number of carbonyl (C=O) groups excluding carboxylic acids is 3. The van der Waals surface area contributed by atoms with Gasteiger partial charge in [0.1, 0.15) is 25.4 Å². The van der Waals surface area contributed by atoms with Gasteiger partial charge in [-0.05, 0) is 57.4 Å². The van der Waals surface area contributed by atoms with Gasteiger partial charge in [-0.1, -0.05) is 37.3 Å². The zero-order valence-electron chi connectivity index (χ0n) is 21.7. The topological polar surface area (TPSA) is 103 Å². The van der Waals surface area contributed by atoms with Crippen LogP contribution >= 0.6 is 0 Å². The Hall–Kier alpha value is -3.15. The first-order valence-electron chi connectivity index (χ1n) is 13.3. The Morgan fingerprint density at radius 2 is 1.84 bits per heavy atom. The van der Waals surface area contributed by atoms with Gasteiger partial charge in [0.25, 0.3) is 0 Å². The molecule has 1 aromatic rings. The number of alkyl halides is 1. The molecule has 37 heavy (non-hydrogen) atoms. The van der Waals surface area contributed by atoms with Crippen LogP contribution in [0.3, 0.4) is 0 Å². The van der Waals surface area contributed by atoms with Gasteiger partial charge in [0, 0.05) is 23.4 Å². The third kappa shape index (κ3) is 5.58. The largest absolute Gasteiger partial charge is 0.445 e. The Morgan fingerprint density at radius 1 is 1.19 bits per heavy atom. The van der Waals surface area contributed by atoms with Crippen molar-refractivity contribution in [3.63, 3.8) is 0 Å². The average Bonchev–Trinajstić information content (AvgIpc) is 3.32. The molecular formula is C28H37FN4O4. The van der Waals surface area contributed by atoms with E-state index in [0.29, 0.717) is 38.5 Å². The highest BCUT2D eigenvalue weighted by molar-refractivity contribution is 5.85. The zero-order chi connectivity index (χ0) is 26.6. The second-order valence-electron chi connectivity index (χ2n) is 10.9. The second kappa shape index (κ2) is 11.1. The highest BCUT2D eigenvalue weighted by Gasteiger charge is 2.56. The van der Waals surface area contributed by atoms with E-state index in [9.17, 15) is 24.0 Å². The zero-order valence-corrected chi connectivity index (χ0v) is 21.7. The molecule has 3 aliphatic carbocycles. The molecule has 4 fully saturated rings. The Bertz CT molecular complexity index is 1020. The molecule has 0 aromatic heterocycles. The molecule has 1 aromatic carbocycles. The fourth-order valence-corrected chi connectivity index (χ4v) is 6.02. The van der Waals surface area contributed by atoms with Crippen LogP contribution in [-0.2, 0) is 20.9 Å². The SMILES string of the molecule is CCC(C)NC(=O)C12CCC(N(CC(=O)N3CC(F)CC3C#N)C(=O)OCc3ccccc3)(CC1)CC2. The van der Waals surface area contributed by atoms with Crippen LogP contribution in [0.4, 0.5) is 9.18 Å². The van der Waals surface area contributed by atoms with E-state index in [1.807, 2.05) is 50.2 Å². The fraction of sp³-hybridized carbons (Fsp3) is 0.643. The Morgan fingerprint density at radius 3 is 2.43 bits per heavy atom. The minimum atomic E-state index is -1.25. The number of hydrogen-bond acceptors (Lipinski definition) is 5. The average molecular weight is 513 g/mol. The lowest BCUT2D eigenvalue weighted by atomic mass is 9.56. The van der Waals surface area contributed by atoms with Gasteiger partial charge in [0.2, 0.25) is 11.8 Å². The van der Waals surface area contributed by atoms with Gasteiger partial charge in [-0.15, -0.1) is 0 Å². The molecule has 200 valence electrons. The lowest BCUT2D eigenvalue weighted by Crippen LogP contribution is -2.63. The number of likely N-dealkylation sites (tertiary alicyclic amines) is 1. The minimum absolute atomic E-state index is 0.0142. The molecule has 0 spiro atoms. The summed E-state index contributed by atoms with van der Waals surface area (Å²) in [6.07, 6.45) is 2.63. The minimum Gasteiger partial charge on any atom is -0.445 e. The third-order valence-electron chi connectivity index (χ3n) is 8.69. The first-order valence-corrected chi connectivity index (χ1v) is 13.3. The first-order chi connectivity index (χ1) is 17.7. The standard InChI is InChI=1S/C28H37FN4O4/c1-3-20(2)31-25(35)27-9-12-28(13-10-27,14-11-27)33(26(36)37-19-21-7-5-4-6-8-21)18-24(34)32-17-22(29)15-23(32)16-30/h4-8,20,22-23H,3,9-15,17-19H2,1-2H3,(H,31,35). The summed E-state index contributed by atoms with van der Waals surface area (Å²) in [4.78, 5) is 42.6. The normalized spacial score (nSPS) is 29.3. The predicted molar refractivity (Wildman–Crippen MR) is 135 cm³/mol. The molecule has 5 rings (SSSR count). The molecule has 1 aliphatic heterocycles. The van der Waals surface area contributed by atoms with Crippen LogP contribution in [-0.4, -0.2) is 64.6 Å². The van der Waals surface area contributed by atoms with Crippen LogP contribution in [0, 0.1) is 16.7 Å². The van der Waals surface area contributed by atoms with Crippen LogP contribution < -0.4 is 5.32 Å². The number of ether oxygens (including phenoxy) is 1. The molecule has 1 saturated heterocycles. The number of fused-ring (bicyclic) bond motifs is 3. The van der Waals surface area contributed by atoms with E-state index in [1.165, 1.54) is 9.80 Å². The quantitative estimate of drug-likeness (QED) is 0.565. The van der Waals surface area contributed by atoms with Crippen LogP contribution in [0.2, 0.25) is 0 Å². The molecule has 3 amide bonds. The van der Waals surface area contributed by atoms with Crippen molar-refractivity contribution in [2.75, 3.05) is 13.1 Å². The highest BCUT2D eigenvalue weighted by Crippen LogP contribution is 2.55. The van der Waals surface area contributed by atoms with E-state index < -0.39 is 35.2 Å². The van der Waals surface area contributed by atoms with Crippen molar-refractivity contribution < 1.29 is 23.5 Å². The summed E-state index contributed by atoms with van der Waals surface area (Å²) < 4.78 is 19.7. The smallest absolute Gasteiger partial charge is 0.411 e. The van der Waals surface area contributed by atoms with Gasteiger partial charge in [0.05, 0.1) is 12.6 Å². The van der Waals surface area contributed by atoms with Gasteiger partial charge in [-0.25, -0.2) is 9.18 Å². The van der Waals surface area contributed by atoms with Crippen LogP contribution in [0.1, 0.15) is 70.8 Å². The van der Waals surface area contributed by atoms with Gasteiger partial charge in [-0.2, -0.15) is 5.26 Å². The number of nitrogens with one attached hydrogen (secondary N) is 1. The maximum absolute atomic E-state index is 14.0. The number of nitrogens with zero attached hydrogens (tertiary/aromatic N) is 3. The van der Waals surface area contributed by atoms with Crippen LogP contribution in [0.25, 0.3) is 0 Å².